The van der Waals surface area contributed by atoms with Crippen LogP contribution in [0.25, 0.3) is 0 Å². The van der Waals surface area contributed by atoms with Gasteiger partial charge in [-0.3, -0.25) is 4.79 Å². The molecule has 1 saturated carbocycles. The number of anilines is 1. The Labute approximate surface area is 180 Å². The van der Waals surface area contributed by atoms with Crippen molar-refractivity contribution in [1.82, 2.24) is 4.72 Å². The molecule has 0 bridgehead atoms. The summed E-state index contributed by atoms with van der Waals surface area (Å²) < 4.78 is 48.0. The first-order valence-corrected chi connectivity index (χ1v) is 11.5. The lowest BCUT2D eigenvalue weighted by Crippen LogP contribution is -2.41. The van der Waals surface area contributed by atoms with E-state index in [-0.39, 0.29) is 38.9 Å². The molecule has 2 N–H and O–H groups in total. The Morgan fingerprint density at radius 1 is 1.17 bits per heavy atom. The quantitative estimate of drug-likeness (QED) is 0.668. The van der Waals surface area contributed by atoms with E-state index < -0.39 is 21.7 Å². The van der Waals surface area contributed by atoms with Crippen molar-refractivity contribution in [2.75, 3.05) is 12.4 Å². The van der Waals surface area contributed by atoms with Gasteiger partial charge in [0.15, 0.2) is 0 Å². The van der Waals surface area contributed by atoms with Crippen LogP contribution in [0.5, 0.6) is 5.75 Å². The maximum Gasteiger partial charge on any atom is 0.255 e. The van der Waals surface area contributed by atoms with Crippen molar-refractivity contribution in [3.05, 3.63) is 52.8 Å². The van der Waals surface area contributed by atoms with Crippen LogP contribution < -0.4 is 14.8 Å². The van der Waals surface area contributed by atoms with Gasteiger partial charge in [0.25, 0.3) is 5.91 Å². The van der Waals surface area contributed by atoms with Gasteiger partial charge in [0, 0.05) is 16.6 Å². The third-order valence-electron chi connectivity index (χ3n) is 5.31. The number of methoxy groups -OCH3 is 1. The highest BCUT2D eigenvalue weighted by molar-refractivity contribution is 7.89. The largest absolute Gasteiger partial charge is 0.495 e. The second kappa shape index (κ2) is 9.32. The van der Waals surface area contributed by atoms with E-state index in [4.69, 9.17) is 16.3 Å². The molecule has 3 rings (SSSR count). The lowest BCUT2D eigenvalue weighted by Gasteiger charge is -2.29. The molecule has 162 valence electrons. The summed E-state index contributed by atoms with van der Waals surface area (Å²) in [7, 11) is -2.57. The van der Waals surface area contributed by atoms with E-state index in [1.807, 2.05) is 6.92 Å². The van der Waals surface area contributed by atoms with Crippen LogP contribution in [0.2, 0.25) is 5.02 Å². The third kappa shape index (κ3) is 5.11. The summed E-state index contributed by atoms with van der Waals surface area (Å²) in [4.78, 5) is 12.5. The van der Waals surface area contributed by atoms with Crippen LogP contribution in [0, 0.1) is 11.7 Å². The van der Waals surface area contributed by atoms with Gasteiger partial charge in [-0.05, 0) is 55.2 Å². The van der Waals surface area contributed by atoms with Gasteiger partial charge < -0.3 is 10.1 Å². The van der Waals surface area contributed by atoms with Gasteiger partial charge in [0.2, 0.25) is 10.0 Å². The summed E-state index contributed by atoms with van der Waals surface area (Å²) in [5.74, 6) is -0.975. The van der Waals surface area contributed by atoms with Gasteiger partial charge in [0.05, 0.1) is 12.8 Å². The highest BCUT2D eigenvalue weighted by Crippen LogP contribution is 2.29. The highest BCUT2D eigenvalue weighted by Gasteiger charge is 2.29. The second-order valence-electron chi connectivity index (χ2n) is 7.43. The number of halogens is 2. The maximum atomic E-state index is 13.9. The van der Waals surface area contributed by atoms with Gasteiger partial charge in [-0.1, -0.05) is 31.4 Å². The van der Waals surface area contributed by atoms with Crippen molar-refractivity contribution in [2.24, 2.45) is 5.92 Å². The van der Waals surface area contributed by atoms with Gasteiger partial charge in [-0.15, -0.1) is 0 Å². The number of hydrogen-bond acceptors (Lipinski definition) is 4. The van der Waals surface area contributed by atoms with Crippen molar-refractivity contribution >= 4 is 33.2 Å². The van der Waals surface area contributed by atoms with Crippen LogP contribution in [0.1, 0.15) is 43.0 Å². The SMILES string of the molecule is COc1ccc(C(=O)Nc2cc(Cl)ccc2F)cc1S(=O)(=O)NC1CCCCC1C. The molecule has 9 heteroatoms. The van der Waals surface area contributed by atoms with Crippen molar-refractivity contribution < 1.29 is 22.3 Å². The third-order valence-corrected chi connectivity index (χ3v) is 7.06. The highest BCUT2D eigenvalue weighted by atomic mass is 35.5. The minimum Gasteiger partial charge on any atom is -0.495 e. The molecule has 0 spiro atoms. The van der Waals surface area contributed by atoms with Gasteiger partial charge >= 0.3 is 0 Å². The Kier molecular flexibility index (Phi) is 7.00. The summed E-state index contributed by atoms with van der Waals surface area (Å²) in [6.45, 7) is 2.02. The Morgan fingerprint density at radius 3 is 2.60 bits per heavy atom. The minimum atomic E-state index is -3.93. The molecule has 0 aliphatic heterocycles. The van der Waals surface area contributed by atoms with Crippen LogP contribution in [-0.4, -0.2) is 27.5 Å². The fourth-order valence-electron chi connectivity index (χ4n) is 3.57. The topological polar surface area (TPSA) is 84.5 Å². The number of sulfonamides is 1. The Bertz CT molecular complexity index is 1050. The molecule has 2 atom stereocenters. The molecule has 1 fully saturated rings. The molecule has 2 unspecified atom stereocenters. The first-order chi connectivity index (χ1) is 14.2. The molecule has 2 aromatic rings. The molecule has 1 amide bonds. The molecule has 0 aromatic heterocycles. The summed E-state index contributed by atoms with van der Waals surface area (Å²) in [5.41, 5.74) is -0.0471. The molecule has 1 aliphatic carbocycles. The Balaban J connectivity index is 1.89. The van der Waals surface area contributed by atoms with E-state index >= 15 is 0 Å². The molecule has 1 aliphatic rings. The van der Waals surface area contributed by atoms with Crippen LogP contribution in [0.3, 0.4) is 0 Å². The zero-order valence-corrected chi connectivity index (χ0v) is 18.3. The number of carbonyl (C=O) groups excluding carboxylic acids is 1. The van der Waals surface area contributed by atoms with Crippen LogP contribution >= 0.6 is 11.6 Å². The number of nitrogens with one attached hydrogen (secondary N) is 2. The first-order valence-electron chi connectivity index (χ1n) is 9.68. The van der Waals surface area contributed by atoms with E-state index in [9.17, 15) is 17.6 Å². The molecule has 0 saturated heterocycles. The molecular formula is C21H24ClFN2O4S. The Morgan fingerprint density at radius 2 is 1.90 bits per heavy atom. The van der Waals surface area contributed by atoms with E-state index in [2.05, 4.69) is 10.0 Å². The normalized spacial score (nSPS) is 19.3. The summed E-state index contributed by atoms with van der Waals surface area (Å²) in [6.07, 6.45) is 3.76. The zero-order valence-electron chi connectivity index (χ0n) is 16.7. The zero-order chi connectivity index (χ0) is 21.9. The van der Waals surface area contributed by atoms with Crippen molar-refractivity contribution in [1.29, 1.82) is 0 Å². The fraction of sp³-hybridized carbons (Fsp3) is 0.381. The minimum absolute atomic E-state index is 0.0484. The fourth-order valence-corrected chi connectivity index (χ4v) is 5.32. The lowest BCUT2D eigenvalue weighted by atomic mass is 9.87. The molecular weight excluding hydrogens is 431 g/mol. The summed E-state index contributed by atoms with van der Waals surface area (Å²) >= 11 is 5.85. The average Bonchev–Trinajstić information content (AvgIpc) is 2.71. The van der Waals surface area contributed by atoms with E-state index in [0.717, 1.165) is 31.7 Å². The monoisotopic (exact) mass is 454 g/mol. The number of hydrogen-bond donors (Lipinski definition) is 2. The Hall–Kier alpha value is -2.16. The molecule has 30 heavy (non-hydrogen) atoms. The standard InChI is InChI=1S/C21H24ClFN2O4S/c1-13-5-3-4-6-17(13)25-30(27,28)20-11-14(7-10-19(20)29-2)21(26)24-18-12-15(22)8-9-16(18)23/h7-13,17,25H,3-6H2,1-2H3,(H,24,26). The number of ether oxygens (including phenoxy) is 1. The summed E-state index contributed by atoms with van der Waals surface area (Å²) in [6, 6.07) is 7.65. The number of amides is 1. The molecule has 0 heterocycles. The van der Waals surface area contributed by atoms with Crippen LogP contribution in [-0.2, 0) is 10.0 Å². The maximum absolute atomic E-state index is 13.9. The number of carbonyl (C=O) groups is 1. The van der Waals surface area contributed by atoms with E-state index in [0.29, 0.717) is 0 Å². The van der Waals surface area contributed by atoms with Crippen LogP contribution in [0.4, 0.5) is 10.1 Å². The molecule has 0 radical (unpaired) electrons. The molecule has 2 aromatic carbocycles. The average molecular weight is 455 g/mol. The predicted molar refractivity (Wildman–Crippen MR) is 114 cm³/mol. The van der Waals surface area contributed by atoms with Gasteiger partial charge in [0.1, 0.15) is 16.5 Å². The first kappa shape index (κ1) is 22.5. The van der Waals surface area contributed by atoms with Crippen molar-refractivity contribution in [2.45, 2.75) is 43.5 Å². The van der Waals surface area contributed by atoms with Gasteiger partial charge in [-0.25, -0.2) is 17.5 Å². The van der Waals surface area contributed by atoms with Crippen molar-refractivity contribution in [3.8, 4) is 5.75 Å². The summed E-state index contributed by atoms with van der Waals surface area (Å²) in [5, 5.41) is 2.68. The second-order valence-corrected chi connectivity index (χ2v) is 9.55. The molecule has 6 nitrogen and oxygen atoms in total. The van der Waals surface area contributed by atoms with Crippen LogP contribution in [0.15, 0.2) is 41.3 Å². The smallest absolute Gasteiger partial charge is 0.255 e. The lowest BCUT2D eigenvalue weighted by molar-refractivity contribution is 0.102. The number of rotatable bonds is 6. The van der Waals surface area contributed by atoms with Crippen molar-refractivity contribution in [3.63, 3.8) is 0 Å². The van der Waals surface area contributed by atoms with E-state index in [1.165, 1.54) is 37.4 Å². The van der Waals surface area contributed by atoms with E-state index in [1.54, 1.807) is 0 Å². The predicted octanol–water partition coefficient (Wildman–Crippen LogP) is 4.60. The number of benzene rings is 2. The van der Waals surface area contributed by atoms with Gasteiger partial charge in [-0.2, -0.15) is 0 Å².